The fraction of sp³-hybridized carbons (Fsp3) is 0.0769. The summed E-state index contributed by atoms with van der Waals surface area (Å²) in [5, 5.41) is 1.86. The summed E-state index contributed by atoms with van der Waals surface area (Å²) in [5.41, 5.74) is 0.909. The van der Waals surface area contributed by atoms with E-state index in [2.05, 4.69) is 5.32 Å². The number of carbonyl (C=O) groups excluding carboxylic acids is 2. The Bertz CT molecular complexity index is 549. The van der Waals surface area contributed by atoms with Crippen LogP contribution >= 0.6 is 11.8 Å². The molecule has 1 aromatic rings. The van der Waals surface area contributed by atoms with Crippen molar-refractivity contribution in [3.8, 4) is 5.75 Å². The SMILES string of the molecule is COc1ccccc1/C=C/C=C1/SC(=O)NC1=O. The molecular weight excluding hydrogens is 250 g/mol. The van der Waals surface area contributed by atoms with Gasteiger partial charge < -0.3 is 4.74 Å². The number of thioether (sulfide) groups is 1. The number of amides is 2. The number of carbonyl (C=O) groups is 2. The van der Waals surface area contributed by atoms with Crippen molar-refractivity contribution in [1.82, 2.24) is 5.32 Å². The number of ether oxygens (including phenoxy) is 1. The van der Waals surface area contributed by atoms with Crippen molar-refractivity contribution in [1.29, 1.82) is 0 Å². The van der Waals surface area contributed by atoms with Gasteiger partial charge in [0.25, 0.3) is 11.1 Å². The van der Waals surface area contributed by atoms with E-state index >= 15 is 0 Å². The summed E-state index contributed by atoms with van der Waals surface area (Å²) < 4.78 is 5.20. The Morgan fingerprint density at radius 2 is 2.06 bits per heavy atom. The summed E-state index contributed by atoms with van der Waals surface area (Å²) in [6, 6.07) is 7.54. The van der Waals surface area contributed by atoms with E-state index < -0.39 is 0 Å². The van der Waals surface area contributed by atoms with Gasteiger partial charge in [-0.3, -0.25) is 14.9 Å². The average molecular weight is 261 g/mol. The molecule has 0 aromatic heterocycles. The van der Waals surface area contributed by atoms with Crippen LogP contribution in [0.3, 0.4) is 0 Å². The molecule has 18 heavy (non-hydrogen) atoms. The standard InChI is InChI=1S/C13H11NO3S/c1-17-10-7-3-2-5-9(10)6-4-8-11-12(15)14-13(16)18-11/h2-8H,1H3,(H,14,15,16)/b6-4+,11-8+. The largest absolute Gasteiger partial charge is 0.496 e. The molecule has 0 atom stereocenters. The molecule has 0 radical (unpaired) electrons. The molecule has 0 bridgehead atoms. The first-order chi connectivity index (χ1) is 8.70. The van der Waals surface area contributed by atoms with Gasteiger partial charge in [-0.25, -0.2) is 0 Å². The lowest BCUT2D eigenvalue weighted by Crippen LogP contribution is -2.17. The van der Waals surface area contributed by atoms with Crippen LogP contribution in [0.4, 0.5) is 4.79 Å². The van der Waals surface area contributed by atoms with E-state index in [0.717, 1.165) is 23.1 Å². The Balaban J connectivity index is 2.14. The molecule has 1 aliphatic rings. The number of nitrogens with one attached hydrogen (secondary N) is 1. The molecule has 1 aromatic carbocycles. The number of imide groups is 1. The number of hydrogen-bond acceptors (Lipinski definition) is 4. The number of para-hydroxylation sites is 1. The maximum Gasteiger partial charge on any atom is 0.290 e. The quantitative estimate of drug-likeness (QED) is 0.850. The summed E-state index contributed by atoms with van der Waals surface area (Å²) in [7, 11) is 1.60. The Morgan fingerprint density at radius 3 is 2.72 bits per heavy atom. The minimum absolute atomic E-state index is 0.336. The minimum atomic E-state index is -0.352. The fourth-order valence-electron chi connectivity index (χ4n) is 1.48. The number of rotatable bonds is 3. The molecule has 0 spiro atoms. The van der Waals surface area contributed by atoms with E-state index in [9.17, 15) is 9.59 Å². The smallest absolute Gasteiger partial charge is 0.290 e. The van der Waals surface area contributed by atoms with Crippen LogP contribution in [0.1, 0.15) is 5.56 Å². The number of allylic oxidation sites excluding steroid dienone is 2. The third-order valence-corrected chi connectivity index (χ3v) is 3.13. The summed E-state index contributed by atoms with van der Waals surface area (Å²) in [6.07, 6.45) is 5.15. The Labute approximate surface area is 109 Å². The van der Waals surface area contributed by atoms with Crippen LogP contribution < -0.4 is 10.1 Å². The first-order valence-electron chi connectivity index (χ1n) is 5.25. The molecule has 92 valence electrons. The van der Waals surface area contributed by atoms with E-state index in [1.165, 1.54) is 0 Å². The molecular formula is C13H11NO3S. The lowest BCUT2D eigenvalue weighted by molar-refractivity contribution is -0.115. The lowest BCUT2D eigenvalue weighted by atomic mass is 10.2. The Kier molecular flexibility index (Phi) is 3.84. The highest BCUT2D eigenvalue weighted by atomic mass is 32.2. The number of benzene rings is 1. The van der Waals surface area contributed by atoms with E-state index in [1.807, 2.05) is 30.3 Å². The zero-order valence-electron chi connectivity index (χ0n) is 9.67. The lowest BCUT2D eigenvalue weighted by Gasteiger charge is -2.02. The molecule has 0 aliphatic carbocycles. The zero-order valence-corrected chi connectivity index (χ0v) is 10.5. The molecule has 0 unspecified atom stereocenters. The van der Waals surface area contributed by atoms with Gasteiger partial charge in [0.2, 0.25) is 0 Å². The van der Waals surface area contributed by atoms with Crippen molar-refractivity contribution in [2.75, 3.05) is 7.11 Å². The van der Waals surface area contributed by atoms with Crippen molar-refractivity contribution in [2.45, 2.75) is 0 Å². The zero-order chi connectivity index (χ0) is 13.0. The molecule has 0 saturated carbocycles. The molecule has 1 heterocycles. The number of hydrogen-bond donors (Lipinski definition) is 1. The molecule has 2 amide bonds. The van der Waals surface area contributed by atoms with Gasteiger partial charge in [-0.05, 0) is 23.9 Å². The first-order valence-corrected chi connectivity index (χ1v) is 6.07. The highest BCUT2D eigenvalue weighted by Gasteiger charge is 2.24. The van der Waals surface area contributed by atoms with Gasteiger partial charge in [-0.2, -0.15) is 0 Å². The Hall–Kier alpha value is -2.01. The van der Waals surface area contributed by atoms with Crippen LogP contribution in [0.25, 0.3) is 6.08 Å². The average Bonchev–Trinajstić information content (AvgIpc) is 2.68. The van der Waals surface area contributed by atoms with Crippen molar-refractivity contribution in [3.05, 3.63) is 46.9 Å². The number of methoxy groups -OCH3 is 1. The second-order valence-electron chi connectivity index (χ2n) is 3.48. The van der Waals surface area contributed by atoms with Gasteiger partial charge >= 0.3 is 0 Å². The summed E-state index contributed by atoms with van der Waals surface area (Å²) in [4.78, 5) is 22.6. The van der Waals surface area contributed by atoms with Crippen molar-refractivity contribution < 1.29 is 14.3 Å². The van der Waals surface area contributed by atoms with Crippen LogP contribution in [-0.4, -0.2) is 18.3 Å². The van der Waals surface area contributed by atoms with Gasteiger partial charge in [0.15, 0.2) is 0 Å². The van der Waals surface area contributed by atoms with E-state index in [-0.39, 0.29) is 11.1 Å². The minimum Gasteiger partial charge on any atom is -0.496 e. The summed E-state index contributed by atoms with van der Waals surface area (Å²) >= 11 is 0.898. The van der Waals surface area contributed by atoms with Gasteiger partial charge in [-0.1, -0.05) is 30.4 Å². The molecule has 1 aliphatic heterocycles. The highest BCUT2D eigenvalue weighted by Crippen LogP contribution is 2.23. The summed E-state index contributed by atoms with van der Waals surface area (Å²) in [5.74, 6) is 0.404. The molecule has 5 heteroatoms. The highest BCUT2D eigenvalue weighted by molar-refractivity contribution is 8.18. The third-order valence-electron chi connectivity index (χ3n) is 2.30. The van der Waals surface area contributed by atoms with Crippen LogP contribution in [0.5, 0.6) is 5.75 Å². The van der Waals surface area contributed by atoms with Crippen molar-refractivity contribution in [2.24, 2.45) is 0 Å². The van der Waals surface area contributed by atoms with Gasteiger partial charge in [0.1, 0.15) is 5.75 Å². The predicted molar refractivity (Wildman–Crippen MR) is 71.2 cm³/mol. The van der Waals surface area contributed by atoms with E-state index in [1.54, 1.807) is 19.3 Å². The van der Waals surface area contributed by atoms with Gasteiger partial charge in [0.05, 0.1) is 12.0 Å². The normalized spacial score (nSPS) is 17.5. The molecule has 1 saturated heterocycles. The summed E-state index contributed by atoms with van der Waals surface area (Å²) in [6.45, 7) is 0. The topological polar surface area (TPSA) is 55.4 Å². The van der Waals surface area contributed by atoms with E-state index in [0.29, 0.717) is 4.91 Å². The monoisotopic (exact) mass is 261 g/mol. The molecule has 4 nitrogen and oxygen atoms in total. The molecule has 1 N–H and O–H groups in total. The van der Waals surface area contributed by atoms with Crippen molar-refractivity contribution in [3.63, 3.8) is 0 Å². The molecule has 2 rings (SSSR count). The van der Waals surface area contributed by atoms with Crippen LogP contribution in [0.15, 0.2) is 41.3 Å². The van der Waals surface area contributed by atoms with Crippen LogP contribution in [0.2, 0.25) is 0 Å². The van der Waals surface area contributed by atoms with Gasteiger partial charge in [-0.15, -0.1) is 0 Å². The van der Waals surface area contributed by atoms with Crippen molar-refractivity contribution >= 4 is 29.0 Å². The second-order valence-corrected chi connectivity index (χ2v) is 4.49. The Morgan fingerprint density at radius 1 is 1.28 bits per heavy atom. The maximum absolute atomic E-state index is 11.3. The van der Waals surface area contributed by atoms with Crippen LogP contribution in [-0.2, 0) is 4.79 Å². The second kappa shape index (κ2) is 5.55. The predicted octanol–water partition coefficient (Wildman–Crippen LogP) is 2.58. The van der Waals surface area contributed by atoms with Gasteiger partial charge in [0, 0.05) is 5.56 Å². The maximum atomic E-state index is 11.3. The fourth-order valence-corrected chi connectivity index (χ4v) is 2.11. The molecule has 1 fully saturated rings. The third kappa shape index (κ3) is 2.81. The van der Waals surface area contributed by atoms with E-state index in [4.69, 9.17) is 4.74 Å². The van der Waals surface area contributed by atoms with Crippen LogP contribution in [0, 0.1) is 0 Å². The first kappa shape index (κ1) is 12.4.